The smallest absolute Gasteiger partial charge is 0.256 e. The molecule has 130 valence electrons. The number of hydrogen-bond acceptors (Lipinski definition) is 3. The van der Waals surface area contributed by atoms with Crippen molar-refractivity contribution in [1.29, 1.82) is 0 Å². The molecule has 1 heterocycles. The van der Waals surface area contributed by atoms with Gasteiger partial charge in [-0.1, -0.05) is 37.6 Å². The van der Waals surface area contributed by atoms with E-state index in [1.54, 1.807) is 6.07 Å². The van der Waals surface area contributed by atoms with Crippen LogP contribution in [-0.4, -0.2) is 17.9 Å². The van der Waals surface area contributed by atoms with Gasteiger partial charge in [0.15, 0.2) is 0 Å². The molecule has 4 nitrogen and oxygen atoms in total. The van der Waals surface area contributed by atoms with Crippen molar-refractivity contribution in [2.75, 3.05) is 10.2 Å². The number of hydrogen-bond donors (Lipinski definition) is 1. The van der Waals surface area contributed by atoms with Crippen LogP contribution in [0.25, 0.3) is 0 Å². The van der Waals surface area contributed by atoms with E-state index in [0.717, 1.165) is 29.8 Å². The highest BCUT2D eigenvalue weighted by Crippen LogP contribution is 2.27. The highest BCUT2D eigenvalue weighted by atomic mass is 19.1. The van der Waals surface area contributed by atoms with E-state index < -0.39 is 23.7 Å². The fraction of sp³-hybridized carbons (Fsp3) is 0.300. The maximum atomic E-state index is 13.9. The Labute approximate surface area is 146 Å². The van der Waals surface area contributed by atoms with Crippen LogP contribution in [0, 0.1) is 5.82 Å². The average molecular weight is 340 g/mol. The Morgan fingerprint density at radius 1 is 1.12 bits per heavy atom. The number of carbonyl (C=O) groups is 2. The Kier molecular flexibility index (Phi) is 5.12. The molecule has 0 aromatic heterocycles. The molecule has 1 atom stereocenters. The molecule has 0 saturated carbocycles. The SMILES string of the molecule is CCCCc1ccc(NC2CC(=O)N(c3ccccc3F)C2=O)cc1. The first kappa shape index (κ1) is 17.1. The molecule has 1 N–H and O–H groups in total. The van der Waals surface area contributed by atoms with E-state index in [1.165, 1.54) is 23.8 Å². The minimum atomic E-state index is -0.673. The summed E-state index contributed by atoms with van der Waals surface area (Å²) in [5, 5.41) is 3.09. The van der Waals surface area contributed by atoms with Crippen molar-refractivity contribution in [1.82, 2.24) is 0 Å². The van der Waals surface area contributed by atoms with Crippen LogP contribution in [0.5, 0.6) is 0 Å². The predicted octanol–water partition coefficient (Wildman–Crippen LogP) is 3.91. The number of halogens is 1. The van der Waals surface area contributed by atoms with Crippen LogP contribution in [0.4, 0.5) is 15.8 Å². The van der Waals surface area contributed by atoms with Crippen molar-refractivity contribution in [3.63, 3.8) is 0 Å². The highest BCUT2D eigenvalue weighted by molar-refractivity contribution is 6.23. The maximum absolute atomic E-state index is 13.9. The number of para-hydroxylation sites is 1. The summed E-state index contributed by atoms with van der Waals surface area (Å²) in [7, 11) is 0. The van der Waals surface area contributed by atoms with Crippen molar-refractivity contribution in [3.8, 4) is 0 Å². The summed E-state index contributed by atoms with van der Waals surface area (Å²) in [4.78, 5) is 25.7. The first-order valence-electron chi connectivity index (χ1n) is 8.57. The lowest BCUT2D eigenvalue weighted by atomic mass is 10.1. The van der Waals surface area contributed by atoms with Crippen LogP contribution in [0.15, 0.2) is 48.5 Å². The summed E-state index contributed by atoms with van der Waals surface area (Å²) in [6.07, 6.45) is 3.33. The van der Waals surface area contributed by atoms with Gasteiger partial charge in [-0.15, -0.1) is 0 Å². The third-order valence-electron chi connectivity index (χ3n) is 4.35. The van der Waals surface area contributed by atoms with E-state index in [0.29, 0.717) is 0 Å². The number of benzene rings is 2. The summed E-state index contributed by atoms with van der Waals surface area (Å²) < 4.78 is 13.9. The maximum Gasteiger partial charge on any atom is 0.256 e. The molecule has 1 unspecified atom stereocenters. The van der Waals surface area contributed by atoms with Gasteiger partial charge in [-0.25, -0.2) is 9.29 Å². The number of nitrogens with zero attached hydrogens (tertiary/aromatic N) is 1. The molecule has 2 aromatic carbocycles. The van der Waals surface area contributed by atoms with Crippen molar-refractivity contribution in [3.05, 3.63) is 59.9 Å². The summed E-state index contributed by atoms with van der Waals surface area (Å²) >= 11 is 0. The second-order valence-electron chi connectivity index (χ2n) is 6.22. The van der Waals surface area contributed by atoms with Gasteiger partial charge in [-0.2, -0.15) is 0 Å². The number of unbranched alkanes of at least 4 members (excludes halogenated alkanes) is 1. The van der Waals surface area contributed by atoms with E-state index in [2.05, 4.69) is 12.2 Å². The number of nitrogens with one attached hydrogen (secondary N) is 1. The molecule has 1 fully saturated rings. The average Bonchev–Trinajstić information content (AvgIpc) is 2.89. The quantitative estimate of drug-likeness (QED) is 0.811. The zero-order chi connectivity index (χ0) is 17.8. The molecule has 0 bridgehead atoms. The van der Waals surface area contributed by atoms with Gasteiger partial charge in [-0.3, -0.25) is 9.59 Å². The Bertz CT molecular complexity index is 774. The van der Waals surface area contributed by atoms with Crippen LogP contribution in [-0.2, 0) is 16.0 Å². The Morgan fingerprint density at radius 2 is 1.84 bits per heavy atom. The van der Waals surface area contributed by atoms with Gasteiger partial charge in [0.1, 0.15) is 11.9 Å². The molecule has 0 spiro atoms. The molecular weight excluding hydrogens is 319 g/mol. The topological polar surface area (TPSA) is 49.4 Å². The second-order valence-corrected chi connectivity index (χ2v) is 6.22. The fourth-order valence-electron chi connectivity index (χ4n) is 2.98. The summed E-state index contributed by atoms with van der Waals surface area (Å²) in [5.41, 5.74) is 2.03. The van der Waals surface area contributed by atoms with Crippen molar-refractivity contribution in [2.45, 2.75) is 38.6 Å². The predicted molar refractivity (Wildman–Crippen MR) is 96.0 cm³/mol. The van der Waals surface area contributed by atoms with Gasteiger partial charge in [0.2, 0.25) is 5.91 Å². The number of rotatable bonds is 6. The second kappa shape index (κ2) is 7.47. The molecule has 25 heavy (non-hydrogen) atoms. The van der Waals surface area contributed by atoms with Crippen LogP contribution in [0.2, 0.25) is 0 Å². The number of amides is 2. The lowest BCUT2D eigenvalue weighted by Crippen LogP contribution is -2.35. The Morgan fingerprint density at radius 3 is 2.52 bits per heavy atom. The molecule has 3 rings (SSSR count). The minimum absolute atomic E-state index is 0.0108. The normalized spacial score (nSPS) is 17.2. The Balaban J connectivity index is 1.71. The fourth-order valence-corrected chi connectivity index (χ4v) is 2.98. The third kappa shape index (κ3) is 3.71. The van der Waals surface area contributed by atoms with Crippen LogP contribution >= 0.6 is 0 Å². The third-order valence-corrected chi connectivity index (χ3v) is 4.35. The van der Waals surface area contributed by atoms with Gasteiger partial charge >= 0.3 is 0 Å². The zero-order valence-corrected chi connectivity index (χ0v) is 14.2. The first-order valence-corrected chi connectivity index (χ1v) is 8.57. The van der Waals surface area contributed by atoms with Crippen LogP contribution in [0.3, 0.4) is 0 Å². The lowest BCUT2D eigenvalue weighted by molar-refractivity contribution is -0.121. The molecule has 2 aromatic rings. The Hall–Kier alpha value is -2.69. The summed E-state index contributed by atoms with van der Waals surface area (Å²) in [5.74, 6) is -1.40. The molecule has 0 radical (unpaired) electrons. The molecule has 1 aliphatic heterocycles. The number of aryl methyl sites for hydroxylation is 1. The van der Waals surface area contributed by atoms with Gasteiger partial charge < -0.3 is 5.32 Å². The van der Waals surface area contributed by atoms with Crippen LogP contribution in [0.1, 0.15) is 31.7 Å². The van der Waals surface area contributed by atoms with Crippen molar-refractivity contribution in [2.24, 2.45) is 0 Å². The van der Waals surface area contributed by atoms with Crippen molar-refractivity contribution < 1.29 is 14.0 Å². The number of imide groups is 1. The van der Waals surface area contributed by atoms with E-state index in [1.807, 2.05) is 24.3 Å². The molecule has 2 amide bonds. The molecule has 5 heteroatoms. The zero-order valence-electron chi connectivity index (χ0n) is 14.2. The molecule has 1 saturated heterocycles. The molecular formula is C20H21FN2O2. The van der Waals surface area contributed by atoms with E-state index in [-0.39, 0.29) is 12.1 Å². The van der Waals surface area contributed by atoms with Gasteiger partial charge in [-0.05, 0) is 42.7 Å². The van der Waals surface area contributed by atoms with E-state index >= 15 is 0 Å². The largest absolute Gasteiger partial charge is 0.373 e. The van der Waals surface area contributed by atoms with E-state index in [9.17, 15) is 14.0 Å². The summed E-state index contributed by atoms with van der Waals surface area (Å²) in [6, 6.07) is 13.0. The minimum Gasteiger partial charge on any atom is -0.373 e. The molecule has 1 aliphatic rings. The lowest BCUT2D eigenvalue weighted by Gasteiger charge is -2.16. The standard InChI is InChI=1S/C20H21FN2O2/c1-2-3-6-14-9-11-15(12-10-14)22-17-13-19(24)23(20(17)25)18-8-5-4-7-16(18)21/h4-5,7-12,17,22H,2-3,6,13H2,1H3. The number of anilines is 2. The van der Waals surface area contributed by atoms with E-state index in [4.69, 9.17) is 0 Å². The number of carbonyl (C=O) groups excluding carboxylic acids is 2. The first-order chi connectivity index (χ1) is 12.1. The van der Waals surface area contributed by atoms with Gasteiger partial charge in [0.05, 0.1) is 12.1 Å². The molecule has 0 aliphatic carbocycles. The van der Waals surface area contributed by atoms with Gasteiger partial charge in [0.25, 0.3) is 5.91 Å². The van der Waals surface area contributed by atoms with Gasteiger partial charge in [0, 0.05) is 5.69 Å². The highest BCUT2D eigenvalue weighted by Gasteiger charge is 2.40. The van der Waals surface area contributed by atoms with Crippen molar-refractivity contribution >= 4 is 23.2 Å². The summed E-state index contributed by atoms with van der Waals surface area (Å²) in [6.45, 7) is 2.15. The monoisotopic (exact) mass is 340 g/mol. The van der Waals surface area contributed by atoms with Crippen LogP contribution < -0.4 is 10.2 Å².